The van der Waals surface area contributed by atoms with Crippen LogP contribution in [0.5, 0.6) is 0 Å². The summed E-state index contributed by atoms with van der Waals surface area (Å²) in [5, 5.41) is 5.08. The molecule has 0 saturated carbocycles. The van der Waals surface area contributed by atoms with Crippen molar-refractivity contribution in [3.63, 3.8) is 0 Å². The third-order valence-corrected chi connectivity index (χ3v) is 5.65. The predicted molar refractivity (Wildman–Crippen MR) is 113 cm³/mol. The zero-order chi connectivity index (χ0) is 21.7. The summed E-state index contributed by atoms with van der Waals surface area (Å²) in [7, 11) is -3.79. The second-order valence-corrected chi connectivity index (χ2v) is 9.56. The maximum atomic E-state index is 12.2. The first-order valence-corrected chi connectivity index (χ1v) is 10.7. The van der Waals surface area contributed by atoms with Crippen LogP contribution in [0.2, 0.25) is 0 Å². The van der Waals surface area contributed by atoms with Gasteiger partial charge in [-0.05, 0) is 42.2 Å². The van der Waals surface area contributed by atoms with Crippen LogP contribution in [0.1, 0.15) is 31.9 Å². The van der Waals surface area contributed by atoms with E-state index in [1.54, 1.807) is 24.3 Å². The van der Waals surface area contributed by atoms with Gasteiger partial charge in [-0.15, -0.1) is 0 Å². The number of hydrogen-bond acceptors (Lipinski definition) is 4. The smallest absolute Gasteiger partial charge is 0.243 e. The predicted octanol–water partition coefficient (Wildman–Crippen LogP) is 2.33. The Hall–Kier alpha value is -2.71. The lowest BCUT2D eigenvalue weighted by Crippen LogP contribution is -2.40. The zero-order valence-corrected chi connectivity index (χ0v) is 17.9. The minimum Gasteiger partial charge on any atom is -0.346 e. The summed E-state index contributed by atoms with van der Waals surface area (Å²) in [5.74, 6) is -0.998. The minimum atomic E-state index is -3.79. The highest BCUT2D eigenvalue weighted by atomic mass is 32.2. The molecule has 0 heterocycles. The molecule has 2 aromatic carbocycles. The molecule has 0 aliphatic carbocycles. The maximum absolute atomic E-state index is 12.2. The first kappa shape index (κ1) is 22.6. The highest BCUT2D eigenvalue weighted by Gasteiger charge is 2.16. The van der Waals surface area contributed by atoms with E-state index in [-0.39, 0.29) is 16.9 Å². The summed E-state index contributed by atoms with van der Waals surface area (Å²) >= 11 is 0. The Labute approximate surface area is 172 Å². The van der Waals surface area contributed by atoms with Crippen molar-refractivity contribution in [2.45, 2.75) is 38.0 Å². The van der Waals surface area contributed by atoms with Crippen molar-refractivity contribution in [2.24, 2.45) is 0 Å². The Morgan fingerprint density at radius 2 is 1.45 bits per heavy atom. The minimum absolute atomic E-state index is 0.0163. The Morgan fingerprint density at radius 3 is 2.00 bits per heavy atom. The van der Waals surface area contributed by atoms with E-state index in [1.807, 2.05) is 19.1 Å². The lowest BCUT2D eigenvalue weighted by atomic mass is 9.87. The topological polar surface area (TPSA) is 104 Å². The number of carbonyl (C=O) groups excluding carboxylic acids is 2. The maximum Gasteiger partial charge on any atom is 0.243 e. The molecule has 2 amide bonds. The van der Waals surface area contributed by atoms with Gasteiger partial charge in [-0.3, -0.25) is 9.59 Å². The highest BCUT2D eigenvalue weighted by molar-refractivity contribution is 7.89. The Morgan fingerprint density at radius 1 is 0.862 bits per heavy atom. The molecule has 0 aliphatic heterocycles. The van der Waals surface area contributed by atoms with Crippen LogP contribution < -0.4 is 15.4 Å². The molecule has 0 bridgehead atoms. The number of sulfonamides is 1. The fourth-order valence-electron chi connectivity index (χ4n) is 2.46. The van der Waals surface area contributed by atoms with Gasteiger partial charge in [0.05, 0.1) is 18.0 Å². The fourth-order valence-corrected chi connectivity index (χ4v) is 3.44. The molecule has 29 heavy (non-hydrogen) atoms. The van der Waals surface area contributed by atoms with E-state index >= 15 is 0 Å². The normalized spacial score (nSPS) is 11.7. The van der Waals surface area contributed by atoms with Crippen molar-refractivity contribution in [2.75, 3.05) is 18.4 Å². The average Bonchev–Trinajstić information content (AvgIpc) is 2.65. The average molecular weight is 418 g/mol. The number of nitrogens with one attached hydrogen (secondary N) is 3. The summed E-state index contributed by atoms with van der Waals surface area (Å²) in [6.45, 7) is 7.44. The molecule has 8 heteroatoms. The number of hydrogen-bond donors (Lipinski definition) is 3. The van der Waals surface area contributed by atoms with E-state index in [1.165, 1.54) is 12.1 Å². The van der Waals surface area contributed by atoms with Crippen molar-refractivity contribution in [3.05, 3.63) is 59.7 Å². The Balaban J connectivity index is 1.80. The SMILES string of the molecule is Cc1ccc(S(=O)(=O)NCC(=O)NCC(=O)Nc2ccc(C(C)(C)C)cc2)cc1. The largest absolute Gasteiger partial charge is 0.346 e. The van der Waals surface area contributed by atoms with Crippen LogP contribution in [0.25, 0.3) is 0 Å². The lowest BCUT2D eigenvalue weighted by molar-refractivity contribution is -0.123. The number of aryl methyl sites for hydroxylation is 1. The summed E-state index contributed by atoms with van der Waals surface area (Å²) in [5.41, 5.74) is 2.71. The number of carbonyl (C=O) groups is 2. The van der Waals surface area contributed by atoms with Gasteiger partial charge in [0.15, 0.2) is 0 Å². The molecule has 0 unspecified atom stereocenters. The van der Waals surface area contributed by atoms with Gasteiger partial charge in [0.25, 0.3) is 0 Å². The van der Waals surface area contributed by atoms with Crippen molar-refractivity contribution < 1.29 is 18.0 Å². The molecule has 7 nitrogen and oxygen atoms in total. The van der Waals surface area contributed by atoms with E-state index < -0.39 is 28.4 Å². The molecular formula is C21H27N3O4S. The van der Waals surface area contributed by atoms with E-state index in [2.05, 4.69) is 36.1 Å². The van der Waals surface area contributed by atoms with E-state index in [4.69, 9.17) is 0 Å². The van der Waals surface area contributed by atoms with Crippen LogP contribution in [-0.4, -0.2) is 33.3 Å². The van der Waals surface area contributed by atoms with Crippen molar-refractivity contribution in [3.8, 4) is 0 Å². The van der Waals surface area contributed by atoms with Gasteiger partial charge in [-0.2, -0.15) is 0 Å². The highest BCUT2D eigenvalue weighted by Crippen LogP contribution is 2.23. The fraction of sp³-hybridized carbons (Fsp3) is 0.333. The zero-order valence-electron chi connectivity index (χ0n) is 17.1. The Kier molecular flexibility index (Phi) is 7.16. The molecule has 0 aromatic heterocycles. The molecular weight excluding hydrogens is 390 g/mol. The molecule has 0 saturated heterocycles. The van der Waals surface area contributed by atoms with Crippen LogP contribution in [0.4, 0.5) is 5.69 Å². The lowest BCUT2D eigenvalue weighted by Gasteiger charge is -2.19. The van der Waals surface area contributed by atoms with E-state index in [0.717, 1.165) is 11.1 Å². The van der Waals surface area contributed by atoms with Gasteiger partial charge in [0, 0.05) is 5.69 Å². The standard InChI is InChI=1S/C21H27N3O4S/c1-15-5-11-18(12-6-15)29(27,28)23-14-19(25)22-13-20(26)24-17-9-7-16(8-10-17)21(2,3)4/h5-12,23H,13-14H2,1-4H3,(H,22,25)(H,24,26). The molecule has 0 fully saturated rings. The van der Waals surface area contributed by atoms with E-state index in [9.17, 15) is 18.0 Å². The monoisotopic (exact) mass is 417 g/mol. The van der Waals surface area contributed by atoms with Crippen LogP contribution in [0, 0.1) is 6.92 Å². The number of anilines is 1. The quantitative estimate of drug-likeness (QED) is 0.643. The summed E-state index contributed by atoms with van der Waals surface area (Å²) in [4.78, 5) is 23.9. The second-order valence-electron chi connectivity index (χ2n) is 7.79. The Bertz CT molecular complexity index is 960. The van der Waals surface area contributed by atoms with Crippen LogP contribution >= 0.6 is 0 Å². The first-order valence-electron chi connectivity index (χ1n) is 9.21. The van der Waals surface area contributed by atoms with E-state index in [0.29, 0.717) is 5.69 Å². The van der Waals surface area contributed by atoms with Gasteiger partial charge in [-0.1, -0.05) is 50.6 Å². The molecule has 3 N–H and O–H groups in total. The molecule has 0 spiro atoms. The summed E-state index contributed by atoms with van der Waals surface area (Å²) in [6.07, 6.45) is 0. The number of amides is 2. The van der Waals surface area contributed by atoms with Crippen molar-refractivity contribution in [1.29, 1.82) is 0 Å². The number of rotatable bonds is 7. The van der Waals surface area contributed by atoms with Gasteiger partial charge in [-0.25, -0.2) is 13.1 Å². The molecule has 0 radical (unpaired) electrons. The second kappa shape index (κ2) is 9.19. The van der Waals surface area contributed by atoms with Crippen LogP contribution in [0.3, 0.4) is 0 Å². The van der Waals surface area contributed by atoms with Gasteiger partial charge in [0.2, 0.25) is 21.8 Å². The molecule has 0 atom stereocenters. The van der Waals surface area contributed by atoms with Crippen molar-refractivity contribution in [1.82, 2.24) is 10.0 Å². The van der Waals surface area contributed by atoms with Gasteiger partial charge >= 0.3 is 0 Å². The van der Waals surface area contributed by atoms with Gasteiger partial charge < -0.3 is 10.6 Å². The molecule has 0 aliphatic rings. The number of benzene rings is 2. The molecule has 2 rings (SSSR count). The molecule has 2 aromatic rings. The summed E-state index contributed by atoms with van der Waals surface area (Å²) in [6, 6.07) is 13.8. The van der Waals surface area contributed by atoms with Crippen molar-refractivity contribution >= 4 is 27.5 Å². The van der Waals surface area contributed by atoms with Crippen LogP contribution in [-0.2, 0) is 25.0 Å². The summed E-state index contributed by atoms with van der Waals surface area (Å²) < 4.78 is 26.5. The van der Waals surface area contributed by atoms with Gasteiger partial charge in [0.1, 0.15) is 0 Å². The molecule has 156 valence electrons. The third-order valence-electron chi connectivity index (χ3n) is 4.23. The first-order chi connectivity index (χ1) is 13.5. The third kappa shape index (κ3) is 6.99. The van der Waals surface area contributed by atoms with Crippen LogP contribution in [0.15, 0.2) is 53.4 Å².